The molecular weight excluding hydrogens is 288 g/mol. The van der Waals surface area contributed by atoms with E-state index in [0.29, 0.717) is 12.3 Å². The van der Waals surface area contributed by atoms with Crippen molar-refractivity contribution < 1.29 is 14.3 Å². The first-order chi connectivity index (χ1) is 10.1. The molecule has 4 nitrogen and oxygen atoms in total. The number of hydrogen-bond acceptors (Lipinski definition) is 2. The van der Waals surface area contributed by atoms with Crippen molar-refractivity contribution in [3.63, 3.8) is 0 Å². The Morgan fingerprint density at radius 1 is 1.14 bits per heavy atom. The maximum atomic E-state index is 12.3. The van der Waals surface area contributed by atoms with Crippen molar-refractivity contribution in [1.29, 1.82) is 0 Å². The molecule has 0 atom stereocenters. The SMILES string of the molecule is [N-]=[N+]=C(CCCCCl)C(=O)OC12CC3CC(CC(C3)C1)C2. The number of halogens is 1. The number of alkyl halides is 1. The van der Waals surface area contributed by atoms with Crippen molar-refractivity contribution in [2.45, 2.75) is 63.4 Å². The average Bonchev–Trinajstić information content (AvgIpc) is 2.41. The molecule has 4 bridgehead atoms. The van der Waals surface area contributed by atoms with Gasteiger partial charge in [-0.3, -0.25) is 0 Å². The second-order valence-corrected chi connectivity index (χ2v) is 7.56. The number of nitrogens with zero attached hydrogens (tertiary/aromatic N) is 2. The maximum absolute atomic E-state index is 12.3. The Hall–Kier alpha value is -0.860. The molecule has 0 spiro atoms. The average molecular weight is 311 g/mol. The third kappa shape index (κ3) is 3.17. The first-order valence-electron chi connectivity index (χ1n) is 8.14. The van der Waals surface area contributed by atoms with Crippen molar-refractivity contribution in [2.24, 2.45) is 17.8 Å². The van der Waals surface area contributed by atoms with Gasteiger partial charge in [0.25, 0.3) is 0 Å². The van der Waals surface area contributed by atoms with Crippen LogP contribution in [0.5, 0.6) is 0 Å². The lowest BCUT2D eigenvalue weighted by Crippen LogP contribution is -2.53. The number of carbonyl (C=O) groups excluding carboxylic acids is 1. The van der Waals surface area contributed by atoms with Crippen LogP contribution in [-0.2, 0) is 9.53 Å². The van der Waals surface area contributed by atoms with Crippen molar-refractivity contribution in [3.05, 3.63) is 5.53 Å². The van der Waals surface area contributed by atoms with Crippen LogP contribution in [0.1, 0.15) is 57.8 Å². The van der Waals surface area contributed by atoms with Crippen LogP contribution in [0, 0.1) is 17.8 Å². The smallest absolute Gasteiger partial charge is 0.417 e. The lowest BCUT2D eigenvalue weighted by molar-refractivity contribution is -0.182. The summed E-state index contributed by atoms with van der Waals surface area (Å²) in [5, 5.41) is 0. The number of ether oxygens (including phenoxy) is 1. The largest absolute Gasteiger partial charge is 0.450 e. The normalized spacial score (nSPS) is 36.3. The van der Waals surface area contributed by atoms with E-state index in [1.165, 1.54) is 19.3 Å². The first-order valence-corrected chi connectivity index (χ1v) is 8.68. The lowest BCUT2D eigenvalue weighted by Gasteiger charge is -2.55. The summed E-state index contributed by atoms with van der Waals surface area (Å²) >= 11 is 5.63. The molecule has 4 aliphatic rings. The van der Waals surface area contributed by atoms with Crippen molar-refractivity contribution in [1.82, 2.24) is 0 Å². The number of unbranched alkanes of at least 4 members (excludes halogenated alkanes) is 1. The quantitative estimate of drug-likeness (QED) is 0.188. The molecule has 0 radical (unpaired) electrons. The molecule has 0 amide bonds. The zero-order chi connectivity index (χ0) is 14.9. The number of carbonyl (C=O) groups is 1. The third-order valence-corrected chi connectivity index (χ3v) is 5.71. The zero-order valence-corrected chi connectivity index (χ0v) is 13.1. The van der Waals surface area contributed by atoms with Gasteiger partial charge in [-0.15, -0.1) is 11.6 Å². The van der Waals surface area contributed by atoms with Gasteiger partial charge >= 0.3 is 11.7 Å². The molecule has 4 aliphatic carbocycles. The fraction of sp³-hybridized carbons (Fsp3) is 0.875. The van der Waals surface area contributed by atoms with E-state index in [2.05, 4.69) is 4.79 Å². The minimum atomic E-state index is -0.422. The molecule has 0 aromatic rings. The van der Waals surface area contributed by atoms with Crippen LogP contribution >= 0.6 is 11.6 Å². The Bertz CT molecular complexity index is 436. The summed E-state index contributed by atoms with van der Waals surface area (Å²) in [6.45, 7) is 0. The molecule has 0 aromatic heterocycles. The van der Waals surface area contributed by atoms with Crippen LogP contribution in [-0.4, -0.2) is 28.0 Å². The highest BCUT2D eigenvalue weighted by Gasteiger charge is 2.53. The fourth-order valence-electron chi connectivity index (χ4n) is 4.99. The number of esters is 1. The van der Waals surface area contributed by atoms with Crippen LogP contribution in [0.4, 0.5) is 0 Å². The molecule has 116 valence electrons. The van der Waals surface area contributed by atoms with E-state index in [4.69, 9.17) is 21.9 Å². The number of hydrogen-bond donors (Lipinski definition) is 0. The van der Waals surface area contributed by atoms with Crippen molar-refractivity contribution in [3.8, 4) is 0 Å². The van der Waals surface area contributed by atoms with Gasteiger partial charge in [0.05, 0.1) is 6.42 Å². The summed E-state index contributed by atoms with van der Waals surface area (Å²) in [5.41, 5.74) is 8.94. The summed E-state index contributed by atoms with van der Waals surface area (Å²) in [7, 11) is 0. The Morgan fingerprint density at radius 2 is 1.71 bits per heavy atom. The van der Waals surface area contributed by atoms with Crippen LogP contribution in [0.2, 0.25) is 0 Å². The van der Waals surface area contributed by atoms with E-state index < -0.39 is 5.97 Å². The van der Waals surface area contributed by atoms with E-state index in [0.717, 1.165) is 49.9 Å². The van der Waals surface area contributed by atoms with Gasteiger partial charge in [-0.05, 0) is 69.1 Å². The lowest BCUT2D eigenvalue weighted by atomic mass is 9.54. The molecule has 21 heavy (non-hydrogen) atoms. The molecule has 0 saturated heterocycles. The maximum Gasteiger partial charge on any atom is 0.417 e. The second kappa shape index (κ2) is 6.10. The highest BCUT2D eigenvalue weighted by Crippen LogP contribution is 2.57. The van der Waals surface area contributed by atoms with Gasteiger partial charge in [0.15, 0.2) is 0 Å². The highest BCUT2D eigenvalue weighted by atomic mass is 35.5. The van der Waals surface area contributed by atoms with Crippen LogP contribution < -0.4 is 0 Å². The summed E-state index contributed by atoms with van der Waals surface area (Å²) in [6.07, 6.45) is 8.95. The first kappa shape index (κ1) is 15.1. The van der Waals surface area contributed by atoms with Gasteiger partial charge < -0.3 is 10.3 Å². The van der Waals surface area contributed by atoms with Crippen LogP contribution in [0.3, 0.4) is 0 Å². The predicted octanol–water partition coefficient (Wildman–Crippen LogP) is 3.58. The summed E-state index contributed by atoms with van der Waals surface area (Å²) in [5.74, 6) is 2.33. The third-order valence-electron chi connectivity index (χ3n) is 5.44. The highest BCUT2D eigenvalue weighted by molar-refractivity contribution is 6.33. The van der Waals surface area contributed by atoms with Gasteiger partial charge in [-0.2, -0.15) is 4.79 Å². The number of rotatable bonds is 6. The van der Waals surface area contributed by atoms with Crippen LogP contribution in [0.15, 0.2) is 0 Å². The Balaban J connectivity index is 1.63. The molecule has 4 fully saturated rings. The standard InChI is InChI=1S/C16H23ClN2O2/c17-4-2-1-3-14(19-18)15(20)21-16-8-11-5-12(9-16)7-13(6-11)10-16/h11-13H,1-10H2. The predicted molar refractivity (Wildman–Crippen MR) is 80.2 cm³/mol. The molecule has 0 aromatic carbocycles. The topological polar surface area (TPSA) is 62.7 Å². The fourth-order valence-corrected chi connectivity index (χ4v) is 5.18. The van der Waals surface area contributed by atoms with Crippen LogP contribution in [0.25, 0.3) is 5.53 Å². The molecule has 4 rings (SSSR count). The Kier molecular flexibility index (Phi) is 4.37. The molecule has 0 N–H and O–H groups in total. The van der Waals surface area contributed by atoms with E-state index in [1.807, 2.05) is 0 Å². The minimum absolute atomic E-state index is 0.149. The van der Waals surface area contributed by atoms with Gasteiger partial charge in [0.2, 0.25) is 0 Å². The Morgan fingerprint density at radius 3 is 2.19 bits per heavy atom. The van der Waals surface area contributed by atoms with E-state index in [9.17, 15) is 4.79 Å². The molecule has 0 heterocycles. The summed E-state index contributed by atoms with van der Waals surface area (Å²) in [4.78, 5) is 15.5. The zero-order valence-electron chi connectivity index (χ0n) is 12.4. The molecule has 5 heteroatoms. The van der Waals surface area contributed by atoms with Gasteiger partial charge in [0.1, 0.15) is 5.60 Å². The van der Waals surface area contributed by atoms with Gasteiger partial charge in [-0.25, -0.2) is 4.79 Å². The molecule has 0 aliphatic heterocycles. The van der Waals surface area contributed by atoms with Gasteiger partial charge in [0, 0.05) is 5.88 Å². The monoisotopic (exact) mass is 310 g/mol. The van der Waals surface area contributed by atoms with Gasteiger partial charge in [-0.1, -0.05) is 0 Å². The molecule has 4 saturated carbocycles. The van der Waals surface area contributed by atoms with Crippen molar-refractivity contribution in [2.75, 3.05) is 5.88 Å². The summed E-state index contributed by atoms with van der Waals surface area (Å²) in [6, 6.07) is 0. The second-order valence-electron chi connectivity index (χ2n) is 7.18. The summed E-state index contributed by atoms with van der Waals surface area (Å²) < 4.78 is 5.87. The van der Waals surface area contributed by atoms with E-state index in [1.54, 1.807) is 0 Å². The Labute approximate surface area is 130 Å². The van der Waals surface area contributed by atoms with E-state index >= 15 is 0 Å². The molecular formula is C16H23ClN2O2. The molecule has 0 unspecified atom stereocenters. The minimum Gasteiger partial charge on any atom is -0.450 e. The van der Waals surface area contributed by atoms with E-state index in [-0.39, 0.29) is 11.3 Å². The van der Waals surface area contributed by atoms with Crippen molar-refractivity contribution >= 4 is 23.3 Å².